The van der Waals surface area contributed by atoms with Gasteiger partial charge in [-0.2, -0.15) is 0 Å². The zero-order valence-corrected chi connectivity index (χ0v) is 28.9. The van der Waals surface area contributed by atoms with Gasteiger partial charge in [-0.1, -0.05) is 46.4 Å². The summed E-state index contributed by atoms with van der Waals surface area (Å²) in [5, 5.41) is 22.6. The van der Waals surface area contributed by atoms with Crippen LogP contribution in [0.15, 0.2) is 21.3 Å². The Morgan fingerprint density at radius 2 is 1.56 bits per heavy atom. The molecule has 0 radical (unpaired) electrons. The summed E-state index contributed by atoms with van der Waals surface area (Å²) in [6.45, 7) is -0.348. The predicted molar refractivity (Wildman–Crippen MR) is 177 cm³/mol. The number of phenols is 1. The molecule has 188 valence electrons. The summed E-state index contributed by atoms with van der Waals surface area (Å²) in [6, 6.07) is 3.31. The quantitative estimate of drug-likeness (QED) is 0.0834. The molecule has 0 spiro atoms. The zero-order valence-electron chi connectivity index (χ0n) is 17.2. The lowest BCUT2D eigenvalue weighted by molar-refractivity contribution is 0.0945. The van der Waals surface area contributed by atoms with E-state index >= 15 is 0 Å². The van der Waals surface area contributed by atoms with Gasteiger partial charge >= 0.3 is 0 Å². The van der Waals surface area contributed by atoms with Crippen LogP contribution in [0.1, 0.15) is 10.4 Å². The first-order chi connectivity index (χ1) is 16.9. The molecule has 0 aromatic heterocycles. The summed E-state index contributed by atoms with van der Waals surface area (Å²) in [6.07, 6.45) is 0. The molecule has 0 atom stereocenters. The van der Waals surface area contributed by atoms with Crippen molar-refractivity contribution < 1.29 is 19.4 Å². The van der Waals surface area contributed by atoms with Gasteiger partial charge in [-0.25, -0.2) is 0 Å². The highest BCUT2D eigenvalue weighted by atomic mass is 127. The fourth-order valence-electron chi connectivity index (χ4n) is 3.60. The highest BCUT2D eigenvalue weighted by Crippen LogP contribution is 2.52. The monoisotopic (exact) mass is 1010 g/mol. The molecular weight excluding hydrogens is 1010 g/mol. The third-order valence-electron chi connectivity index (χ3n) is 5.16. The summed E-state index contributed by atoms with van der Waals surface area (Å²) >= 11 is 33.9. The summed E-state index contributed by atoms with van der Waals surface area (Å²) in [5.74, 6) is -0.401. The molecule has 0 saturated carbocycles. The molecule has 14 heteroatoms. The van der Waals surface area contributed by atoms with Gasteiger partial charge < -0.3 is 19.9 Å². The van der Waals surface area contributed by atoms with E-state index in [1.54, 1.807) is 12.1 Å². The molecule has 0 unspecified atom stereocenters. The number of aromatic hydroxyl groups is 1. The summed E-state index contributed by atoms with van der Waals surface area (Å²) < 4.78 is 7.81. The number of hydrogen-bond acceptors (Lipinski definition) is 5. The van der Waals surface area contributed by atoms with E-state index < -0.39 is 5.91 Å². The molecule has 1 amide bonds. The van der Waals surface area contributed by atoms with Gasteiger partial charge in [-0.3, -0.25) is 9.59 Å². The van der Waals surface area contributed by atoms with E-state index in [0.717, 1.165) is 0 Å². The van der Waals surface area contributed by atoms with E-state index in [4.69, 9.17) is 50.8 Å². The number of aliphatic hydroxyl groups is 1. The van der Waals surface area contributed by atoms with Gasteiger partial charge in [-0.05, 0) is 102 Å². The lowest BCUT2D eigenvalue weighted by Gasteiger charge is -2.22. The number of aliphatic hydroxyl groups excluding tert-OH is 1. The third kappa shape index (κ3) is 4.92. The topological polar surface area (TPSA) is 99.8 Å². The van der Waals surface area contributed by atoms with Gasteiger partial charge in [0.05, 0.1) is 43.0 Å². The van der Waals surface area contributed by atoms with Crippen LogP contribution in [0.5, 0.6) is 5.75 Å². The van der Waals surface area contributed by atoms with Crippen molar-refractivity contribution in [1.82, 2.24) is 5.32 Å². The van der Waals surface area contributed by atoms with Crippen LogP contribution in [-0.4, -0.2) is 29.3 Å². The number of nitrogens with one attached hydrogen (secondary N) is 1. The van der Waals surface area contributed by atoms with Gasteiger partial charge in [0.25, 0.3) is 5.91 Å². The molecule has 2 aliphatic rings. The number of amides is 1. The molecule has 1 heterocycles. The first-order valence-corrected chi connectivity index (χ1v) is 15.5. The van der Waals surface area contributed by atoms with Crippen molar-refractivity contribution >= 4 is 154 Å². The van der Waals surface area contributed by atoms with E-state index in [9.17, 15) is 19.8 Å². The molecule has 4 rings (SSSR count). The second kappa shape index (κ2) is 11.5. The number of fused-ring (bicyclic) bond motifs is 2. The van der Waals surface area contributed by atoms with Crippen molar-refractivity contribution in [2.45, 2.75) is 0 Å². The van der Waals surface area contributed by atoms with Crippen LogP contribution in [0, 0.1) is 14.3 Å². The van der Waals surface area contributed by atoms with Gasteiger partial charge in [0.15, 0.2) is 11.3 Å². The van der Waals surface area contributed by atoms with Gasteiger partial charge in [0, 0.05) is 28.6 Å². The molecular formula is C22H9Cl4I4NO5. The van der Waals surface area contributed by atoms with Gasteiger partial charge in [0.2, 0.25) is 5.43 Å². The lowest BCUT2D eigenvalue weighted by Crippen LogP contribution is -2.27. The smallest absolute Gasteiger partial charge is 0.253 e. The Bertz CT molecular complexity index is 1630. The molecule has 1 aliphatic heterocycles. The molecule has 2 aromatic carbocycles. The van der Waals surface area contributed by atoms with Crippen molar-refractivity contribution in [2.24, 2.45) is 0 Å². The normalized spacial score (nSPS) is 11.5. The average molecular weight is 1020 g/mol. The Hall–Kier alpha value is 0.440. The number of benzene rings is 3. The van der Waals surface area contributed by atoms with E-state index in [1.165, 1.54) is 0 Å². The number of phenolic OH excluding ortho intramolecular Hbond substituents is 1. The molecule has 0 saturated heterocycles. The first-order valence-electron chi connectivity index (χ1n) is 9.63. The van der Waals surface area contributed by atoms with Crippen molar-refractivity contribution in [3.8, 4) is 28.2 Å². The Morgan fingerprint density at radius 1 is 0.917 bits per heavy atom. The highest BCUT2D eigenvalue weighted by Gasteiger charge is 2.32. The van der Waals surface area contributed by atoms with E-state index in [1.807, 2.05) is 90.4 Å². The fourth-order valence-corrected chi connectivity index (χ4v) is 8.21. The van der Waals surface area contributed by atoms with Crippen LogP contribution in [0.3, 0.4) is 0 Å². The molecule has 1 aliphatic carbocycles. The van der Waals surface area contributed by atoms with E-state index in [0.29, 0.717) is 30.8 Å². The third-order valence-corrected chi connectivity index (χ3v) is 10.6. The second-order valence-electron chi connectivity index (χ2n) is 7.24. The number of carbonyl (C=O) groups is 1. The highest BCUT2D eigenvalue weighted by molar-refractivity contribution is 14.1. The summed E-state index contributed by atoms with van der Waals surface area (Å²) in [7, 11) is 0. The van der Waals surface area contributed by atoms with Crippen molar-refractivity contribution in [1.29, 1.82) is 0 Å². The number of carbonyl (C=O) groups excluding carboxylic acids is 1. The SMILES string of the molecule is O=C(NCCO)c1c(Cl)c(Cl)c(Cl)c(Cl)c1-c1c2cc(I)c(=O)c(I)c-2oc2c(I)c(O)c(I)cc12. The van der Waals surface area contributed by atoms with E-state index in [-0.39, 0.29) is 66.9 Å². The maximum atomic E-state index is 13.3. The van der Waals surface area contributed by atoms with Crippen LogP contribution in [0.4, 0.5) is 0 Å². The van der Waals surface area contributed by atoms with Crippen molar-refractivity contribution in [3.05, 3.63) is 62.3 Å². The molecule has 6 nitrogen and oxygen atoms in total. The molecule has 2 aromatic rings. The Kier molecular flexibility index (Phi) is 9.41. The van der Waals surface area contributed by atoms with Crippen molar-refractivity contribution in [3.63, 3.8) is 0 Å². The fraction of sp³-hybridized carbons (Fsp3) is 0.0909. The Labute approximate surface area is 278 Å². The average Bonchev–Trinajstić information content (AvgIpc) is 2.85. The minimum atomic E-state index is -0.639. The van der Waals surface area contributed by atoms with Crippen LogP contribution >= 0.6 is 137 Å². The lowest BCUT2D eigenvalue weighted by atomic mass is 9.90. The Morgan fingerprint density at radius 3 is 2.19 bits per heavy atom. The molecule has 0 bridgehead atoms. The Balaban J connectivity index is 2.34. The number of rotatable bonds is 4. The van der Waals surface area contributed by atoms with Crippen LogP contribution < -0.4 is 10.7 Å². The number of halogens is 8. The molecule has 0 fully saturated rings. The minimum absolute atomic E-state index is 0.000188. The summed E-state index contributed by atoms with van der Waals surface area (Å²) in [5.41, 5.74) is 1.03. The minimum Gasteiger partial charge on any atom is -0.506 e. The van der Waals surface area contributed by atoms with Crippen LogP contribution in [0.2, 0.25) is 20.1 Å². The summed E-state index contributed by atoms with van der Waals surface area (Å²) in [4.78, 5) is 26.1. The predicted octanol–water partition coefficient (Wildman–Crippen LogP) is 8.02. The van der Waals surface area contributed by atoms with Crippen LogP contribution in [-0.2, 0) is 0 Å². The maximum Gasteiger partial charge on any atom is 0.253 e. The maximum absolute atomic E-state index is 13.3. The largest absolute Gasteiger partial charge is 0.506 e. The standard InChI is InChI=1S/C22H9Cl4I4NO5/c23-12-10(11(22(35)31-1-2-32)13(24)15(26)14(12)25)9-5-3-7(27)18(33)16(29)20(5)36-21-6(9)4-8(28)19(34)17(21)30/h3-4,32-33H,1-2H2,(H,31,35). The van der Waals surface area contributed by atoms with Crippen LogP contribution in [0.25, 0.3) is 33.4 Å². The van der Waals surface area contributed by atoms with E-state index in [2.05, 4.69) is 5.32 Å². The van der Waals surface area contributed by atoms with Crippen molar-refractivity contribution in [2.75, 3.05) is 13.2 Å². The first kappa shape index (κ1) is 29.4. The van der Waals surface area contributed by atoms with Gasteiger partial charge in [-0.15, -0.1) is 0 Å². The number of hydrogen-bond donors (Lipinski definition) is 3. The van der Waals surface area contributed by atoms with Gasteiger partial charge in [0.1, 0.15) is 9.32 Å². The second-order valence-corrected chi connectivity index (χ2v) is 13.2. The zero-order chi connectivity index (χ0) is 26.6. The molecule has 3 N–H and O–H groups in total. The molecule has 36 heavy (non-hydrogen) atoms.